The molecule has 0 aromatic rings. The van der Waals surface area contributed by atoms with Crippen LogP contribution >= 0.6 is 0 Å². The molecule has 0 aromatic carbocycles. The number of carbonyl (C=O) groups excluding carboxylic acids is 1. The summed E-state index contributed by atoms with van der Waals surface area (Å²) < 4.78 is 83.4. The first-order chi connectivity index (χ1) is 7.47. The van der Waals surface area contributed by atoms with Crippen molar-refractivity contribution in [2.45, 2.75) is 5.51 Å². The molecule has 1 fully saturated rings. The Labute approximate surface area is 93.6 Å². The lowest BCUT2D eigenvalue weighted by atomic mass is 10.7. The molecule has 0 spiro atoms. The highest BCUT2D eigenvalue weighted by atomic mass is 32.3. The first-order valence-corrected chi connectivity index (χ1v) is 6.69. The summed E-state index contributed by atoms with van der Waals surface area (Å²) in [7, 11) is -11.3. The lowest BCUT2D eigenvalue weighted by Crippen LogP contribution is -2.47. The summed E-state index contributed by atoms with van der Waals surface area (Å²) in [5.41, 5.74) is -5.80. The maximum absolute atomic E-state index is 11.9. The summed E-state index contributed by atoms with van der Waals surface area (Å²) in [6.07, 6.45) is -1.45. The molecule has 17 heavy (non-hydrogen) atoms. The molecular formula is C4H5F3N2O6S2. The van der Waals surface area contributed by atoms with Crippen molar-refractivity contribution < 1.29 is 39.5 Å². The molecule has 0 unspecified atom stereocenters. The molecule has 100 valence electrons. The predicted octanol–water partition coefficient (Wildman–Crippen LogP) is -0.877. The van der Waals surface area contributed by atoms with Gasteiger partial charge in [-0.15, -0.1) is 0 Å². The van der Waals surface area contributed by atoms with Gasteiger partial charge in [0, 0.05) is 0 Å². The number of sulfonamides is 1. The second kappa shape index (κ2) is 3.99. The van der Waals surface area contributed by atoms with E-state index in [-0.39, 0.29) is 10.9 Å². The summed E-state index contributed by atoms with van der Waals surface area (Å²) in [5.74, 6) is 0. The van der Waals surface area contributed by atoms with Crippen molar-refractivity contribution in [1.29, 1.82) is 0 Å². The van der Waals surface area contributed by atoms with Gasteiger partial charge in [0.05, 0.1) is 6.54 Å². The van der Waals surface area contributed by atoms with Crippen LogP contribution in [0.3, 0.4) is 0 Å². The van der Waals surface area contributed by atoms with E-state index in [0.29, 0.717) is 4.13 Å². The molecule has 0 aliphatic carbocycles. The van der Waals surface area contributed by atoms with E-state index >= 15 is 0 Å². The van der Waals surface area contributed by atoms with E-state index in [2.05, 4.69) is 4.74 Å². The van der Waals surface area contributed by atoms with Crippen molar-refractivity contribution in [1.82, 2.24) is 8.43 Å². The third-order valence-corrected chi connectivity index (χ3v) is 4.77. The molecule has 0 atom stereocenters. The van der Waals surface area contributed by atoms with Crippen molar-refractivity contribution in [2.24, 2.45) is 0 Å². The summed E-state index contributed by atoms with van der Waals surface area (Å²) in [4.78, 5) is 10.8. The smallest absolute Gasteiger partial charge is 0.447 e. The standard InChI is InChI=1S/C4H5F3N2O6S2/c5-4(6,7)16(11,12)8-17(13,14)9-1-2-15-3(9)10/h8H,1-2H2. The molecule has 1 aliphatic rings. The Morgan fingerprint density at radius 3 is 2.12 bits per heavy atom. The molecule has 1 amide bonds. The van der Waals surface area contributed by atoms with E-state index in [1.165, 1.54) is 0 Å². The topological polar surface area (TPSA) is 110 Å². The van der Waals surface area contributed by atoms with Crippen LogP contribution < -0.4 is 4.13 Å². The first-order valence-electron chi connectivity index (χ1n) is 3.77. The Kier molecular flexibility index (Phi) is 3.28. The number of halogens is 3. The van der Waals surface area contributed by atoms with E-state index < -0.39 is 38.4 Å². The fourth-order valence-corrected chi connectivity index (χ4v) is 3.24. The predicted molar refractivity (Wildman–Crippen MR) is 45.1 cm³/mol. The second-order valence-corrected chi connectivity index (χ2v) is 6.25. The van der Waals surface area contributed by atoms with Crippen molar-refractivity contribution in [3.05, 3.63) is 0 Å². The summed E-state index contributed by atoms with van der Waals surface area (Å²) in [6, 6.07) is 0. The Morgan fingerprint density at radius 1 is 1.24 bits per heavy atom. The fourth-order valence-electron chi connectivity index (χ4n) is 0.828. The lowest BCUT2D eigenvalue weighted by Gasteiger charge is -2.15. The Balaban J connectivity index is 3.00. The van der Waals surface area contributed by atoms with Crippen LogP contribution in [0.2, 0.25) is 0 Å². The number of carbonyl (C=O) groups is 1. The number of amides is 1. The molecule has 13 heteroatoms. The SMILES string of the molecule is O=C1OCCN1S(=O)(=O)NS(=O)(=O)C(F)(F)F. The quantitative estimate of drug-likeness (QED) is 0.724. The van der Waals surface area contributed by atoms with Crippen LogP contribution in [0.25, 0.3) is 0 Å². The number of cyclic esters (lactones) is 1. The number of nitrogens with one attached hydrogen (secondary N) is 1. The number of rotatable bonds is 3. The monoisotopic (exact) mass is 298 g/mol. The number of ether oxygens (including phenoxy) is 1. The average molecular weight is 298 g/mol. The van der Waals surface area contributed by atoms with E-state index in [0.717, 1.165) is 0 Å². The molecule has 0 saturated carbocycles. The van der Waals surface area contributed by atoms with Gasteiger partial charge < -0.3 is 4.74 Å². The summed E-state index contributed by atoms with van der Waals surface area (Å²) in [5, 5.41) is 0. The van der Waals surface area contributed by atoms with E-state index in [4.69, 9.17) is 0 Å². The van der Waals surface area contributed by atoms with Crippen molar-refractivity contribution in [3.8, 4) is 0 Å². The third-order valence-electron chi connectivity index (χ3n) is 1.53. The van der Waals surface area contributed by atoms with Gasteiger partial charge in [0.2, 0.25) is 0 Å². The van der Waals surface area contributed by atoms with Gasteiger partial charge in [0.1, 0.15) is 6.61 Å². The largest absolute Gasteiger partial charge is 0.512 e. The molecule has 1 rings (SSSR count). The molecule has 1 saturated heterocycles. The highest BCUT2D eigenvalue weighted by molar-refractivity contribution is 8.04. The van der Waals surface area contributed by atoms with Crippen LogP contribution in [0.5, 0.6) is 0 Å². The zero-order valence-corrected chi connectivity index (χ0v) is 9.39. The van der Waals surface area contributed by atoms with Gasteiger partial charge in [0.25, 0.3) is 0 Å². The van der Waals surface area contributed by atoms with Crippen molar-refractivity contribution >= 4 is 26.3 Å². The van der Waals surface area contributed by atoms with Gasteiger partial charge in [0.15, 0.2) is 0 Å². The van der Waals surface area contributed by atoms with Crippen molar-refractivity contribution in [3.63, 3.8) is 0 Å². The van der Waals surface area contributed by atoms with Crippen molar-refractivity contribution in [2.75, 3.05) is 13.2 Å². The maximum Gasteiger partial charge on any atom is 0.512 e. The van der Waals surface area contributed by atoms with Gasteiger partial charge in [-0.2, -0.15) is 25.9 Å². The minimum atomic E-state index is -6.10. The van der Waals surface area contributed by atoms with Crippen LogP contribution in [0.15, 0.2) is 0 Å². The van der Waals surface area contributed by atoms with E-state index in [1.807, 2.05) is 0 Å². The first kappa shape index (κ1) is 14.0. The minimum Gasteiger partial charge on any atom is -0.447 e. The van der Waals surface area contributed by atoms with Crippen LogP contribution in [-0.2, 0) is 25.0 Å². The molecule has 8 nitrogen and oxygen atoms in total. The molecular weight excluding hydrogens is 293 g/mol. The van der Waals surface area contributed by atoms with Crippen LogP contribution in [0, 0.1) is 0 Å². The summed E-state index contributed by atoms with van der Waals surface area (Å²) >= 11 is 0. The zero-order valence-electron chi connectivity index (χ0n) is 7.76. The number of alkyl halides is 3. The van der Waals surface area contributed by atoms with E-state index in [9.17, 15) is 34.8 Å². The normalized spacial score (nSPS) is 18.3. The molecule has 0 aromatic heterocycles. The zero-order chi connectivity index (χ0) is 13.5. The Bertz CT molecular complexity index is 522. The fraction of sp³-hybridized carbons (Fsp3) is 0.750. The molecule has 0 bridgehead atoms. The minimum absolute atomic E-state index is 0.156. The summed E-state index contributed by atoms with van der Waals surface area (Å²) in [6.45, 7) is -0.937. The molecule has 1 heterocycles. The van der Waals surface area contributed by atoms with Gasteiger partial charge in [-0.3, -0.25) is 0 Å². The second-order valence-electron chi connectivity index (χ2n) is 2.72. The lowest BCUT2D eigenvalue weighted by molar-refractivity contribution is -0.0441. The van der Waals surface area contributed by atoms with E-state index in [1.54, 1.807) is 0 Å². The average Bonchev–Trinajstić information content (AvgIpc) is 2.47. The Morgan fingerprint density at radius 2 is 1.76 bits per heavy atom. The number of nitrogens with zero attached hydrogens (tertiary/aromatic N) is 1. The van der Waals surface area contributed by atoms with Crippen LogP contribution in [0.4, 0.5) is 18.0 Å². The van der Waals surface area contributed by atoms with Gasteiger partial charge >= 0.3 is 31.8 Å². The maximum atomic E-state index is 11.9. The van der Waals surface area contributed by atoms with Gasteiger partial charge in [-0.25, -0.2) is 13.2 Å². The van der Waals surface area contributed by atoms with Crippen LogP contribution in [0.1, 0.15) is 0 Å². The third kappa shape index (κ3) is 2.78. The van der Waals surface area contributed by atoms with Gasteiger partial charge in [-0.1, -0.05) is 4.13 Å². The van der Waals surface area contributed by atoms with Crippen LogP contribution in [-0.4, -0.2) is 45.9 Å². The Hall–Kier alpha value is -1.08. The highest BCUT2D eigenvalue weighted by Crippen LogP contribution is 2.23. The molecule has 1 aliphatic heterocycles. The number of hydrogen-bond donors (Lipinski definition) is 1. The van der Waals surface area contributed by atoms with Gasteiger partial charge in [-0.05, 0) is 0 Å². The molecule has 0 radical (unpaired) electrons. The number of hydrogen-bond acceptors (Lipinski definition) is 6. The highest BCUT2D eigenvalue weighted by Gasteiger charge is 2.50. The molecule has 1 N–H and O–H groups in total.